The molecule has 1 aliphatic heterocycles. The first-order chi connectivity index (χ1) is 10.8. The average Bonchev–Trinajstić information content (AvgIpc) is 2.95. The van der Waals surface area contributed by atoms with E-state index >= 15 is 0 Å². The number of fused-ring (bicyclic) bond motifs is 3. The Bertz CT molecular complexity index is 903. The summed E-state index contributed by atoms with van der Waals surface area (Å²) in [7, 11) is -0.462. The lowest BCUT2D eigenvalue weighted by atomic mass is 9.78. The number of hydrogen-bond acceptors (Lipinski definition) is 4. The van der Waals surface area contributed by atoms with Gasteiger partial charge in [-0.1, -0.05) is 22.0 Å². The highest BCUT2D eigenvalue weighted by Crippen LogP contribution is 2.38. The lowest BCUT2D eigenvalue weighted by Crippen LogP contribution is -2.41. The highest BCUT2D eigenvalue weighted by atomic mass is 79.9. The molecule has 0 saturated carbocycles. The maximum absolute atomic E-state index is 6.18. The highest BCUT2D eigenvalue weighted by Gasteiger charge is 2.52. The van der Waals surface area contributed by atoms with Crippen molar-refractivity contribution in [3.8, 4) is 0 Å². The summed E-state index contributed by atoms with van der Waals surface area (Å²) in [5.41, 5.74) is 1.49. The maximum atomic E-state index is 6.18. The van der Waals surface area contributed by atoms with Crippen LogP contribution in [0.2, 0.25) is 0 Å². The van der Waals surface area contributed by atoms with Crippen LogP contribution >= 0.6 is 15.9 Å². The second kappa shape index (κ2) is 4.82. The van der Waals surface area contributed by atoms with Crippen molar-refractivity contribution in [3.05, 3.63) is 34.9 Å². The van der Waals surface area contributed by atoms with E-state index in [1.54, 1.807) is 6.20 Å². The first-order valence-corrected chi connectivity index (χ1v) is 8.41. The topological polar surface area (TPSA) is 44.5 Å². The molecule has 0 bridgehead atoms. The lowest BCUT2D eigenvalue weighted by Gasteiger charge is -2.32. The van der Waals surface area contributed by atoms with E-state index in [9.17, 15) is 0 Å². The predicted octanol–water partition coefficient (Wildman–Crippen LogP) is 4.04. The third-order valence-electron chi connectivity index (χ3n) is 4.88. The molecule has 4 nitrogen and oxygen atoms in total. The Balaban J connectivity index is 1.94. The van der Waals surface area contributed by atoms with Crippen LogP contribution in [0.25, 0.3) is 22.1 Å². The molecule has 1 fully saturated rings. The van der Waals surface area contributed by atoms with E-state index in [0.29, 0.717) is 5.71 Å². The van der Waals surface area contributed by atoms with Crippen LogP contribution < -0.4 is 5.46 Å². The number of nitrogens with zero attached hydrogens (tertiary/aromatic N) is 1. The smallest absolute Gasteiger partial charge is 0.438 e. The molecular formula is C17H17BBrNO3. The predicted molar refractivity (Wildman–Crippen MR) is 94.9 cm³/mol. The number of benzene rings is 1. The summed E-state index contributed by atoms with van der Waals surface area (Å²) in [6.45, 7) is 8.18. The van der Waals surface area contributed by atoms with Crippen LogP contribution in [-0.4, -0.2) is 23.3 Å². The molecule has 0 spiro atoms. The van der Waals surface area contributed by atoms with Crippen molar-refractivity contribution in [1.82, 2.24) is 4.98 Å². The number of rotatable bonds is 1. The molecule has 0 aliphatic carbocycles. The molecule has 3 aromatic rings. The Morgan fingerprint density at radius 3 is 2.43 bits per heavy atom. The molecule has 0 N–H and O–H groups in total. The molecule has 0 radical (unpaired) electrons. The van der Waals surface area contributed by atoms with E-state index < -0.39 is 7.12 Å². The molecule has 6 heteroatoms. The van der Waals surface area contributed by atoms with Crippen LogP contribution in [0, 0.1) is 0 Å². The summed E-state index contributed by atoms with van der Waals surface area (Å²) in [6.07, 6.45) is 1.73. The van der Waals surface area contributed by atoms with Crippen molar-refractivity contribution < 1.29 is 13.7 Å². The number of furan rings is 1. The Labute approximate surface area is 143 Å². The fraction of sp³-hybridized carbons (Fsp3) is 0.353. The molecule has 1 saturated heterocycles. The second-order valence-electron chi connectivity index (χ2n) is 6.89. The van der Waals surface area contributed by atoms with Gasteiger partial charge in [-0.2, -0.15) is 0 Å². The standard InChI is InChI=1S/C17H17BBrNO3/c1-16(2)17(3,4)23-18(22-16)11-7-8-12(19)13-10-6-5-9-20-15(10)21-14(11)13/h5-9H,1-4H3. The zero-order chi connectivity index (χ0) is 16.4. The van der Waals surface area contributed by atoms with Crippen LogP contribution in [-0.2, 0) is 9.31 Å². The number of hydrogen-bond donors (Lipinski definition) is 0. The van der Waals surface area contributed by atoms with E-state index in [1.807, 2.05) is 52.0 Å². The summed E-state index contributed by atoms with van der Waals surface area (Å²) in [5.74, 6) is 0. The second-order valence-corrected chi connectivity index (χ2v) is 7.74. The molecule has 1 aliphatic rings. The molecule has 2 aromatic heterocycles. The fourth-order valence-electron chi connectivity index (χ4n) is 2.85. The maximum Gasteiger partial charge on any atom is 0.498 e. The van der Waals surface area contributed by atoms with E-state index in [4.69, 9.17) is 13.7 Å². The van der Waals surface area contributed by atoms with Crippen LogP contribution in [0.5, 0.6) is 0 Å². The number of pyridine rings is 1. The normalized spacial score (nSPS) is 19.8. The first-order valence-electron chi connectivity index (χ1n) is 7.61. The van der Waals surface area contributed by atoms with E-state index in [1.165, 1.54) is 0 Å². The molecule has 1 aromatic carbocycles. The minimum absolute atomic E-state index is 0.388. The van der Waals surface area contributed by atoms with Gasteiger partial charge in [-0.05, 0) is 45.9 Å². The Morgan fingerprint density at radius 1 is 1.04 bits per heavy atom. The summed E-state index contributed by atoms with van der Waals surface area (Å²) < 4.78 is 19.3. The zero-order valence-corrected chi connectivity index (χ0v) is 15.1. The van der Waals surface area contributed by atoms with Crippen molar-refractivity contribution >= 4 is 50.6 Å². The van der Waals surface area contributed by atoms with Crippen molar-refractivity contribution in [3.63, 3.8) is 0 Å². The molecule has 0 unspecified atom stereocenters. The summed E-state index contributed by atoms with van der Waals surface area (Å²) in [6, 6.07) is 7.90. The Hall–Kier alpha value is -1.37. The van der Waals surface area contributed by atoms with E-state index in [-0.39, 0.29) is 11.2 Å². The first kappa shape index (κ1) is 15.2. The van der Waals surface area contributed by atoms with Gasteiger partial charge in [-0.25, -0.2) is 4.98 Å². The molecule has 0 amide bonds. The van der Waals surface area contributed by atoms with Gasteiger partial charge in [0, 0.05) is 26.9 Å². The molecule has 23 heavy (non-hydrogen) atoms. The van der Waals surface area contributed by atoms with Crippen LogP contribution in [0.3, 0.4) is 0 Å². The summed E-state index contributed by atoms with van der Waals surface area (Å²) in [4.78, 5) is 4.32. The quantitative estimate of drug-likeness (QED) is 0.604. The minimum atomic E-state index is -0.462. The van der Waals surface area contributed by atoms with Gasteiger partial charge in [-0.15, -0.1) is 0 Å². The van der Waals surface area contributed by atoms with Gasteiger partial charge in [0.15, 0.2) is 0 Å². The minimum Gasteiger partial charge on any atom is -0.438 e. The SMILES string of the molecule is CC1(C)OB(c2ccc(Br)c3c2oc2ncccc23)OC1(C)C. The molecule has 3 heterocycles. The van der Waals surface area contributed by atoms with Gasteiger partial charge >= 0.3 is 7.12 Å². The summed E-state index contributed by atoms with van der Waals surface area (Å²) >= 11 is 3.62. The highest BCUT2D eigenvalue weighted by molar-refractivity contribution is 9.10. The fourth-order valence-corrected chi connectivity index (χ4v) is 3.38. The van der Waals surface area contributed by atoms with E-state index in [2.05, 4.69) is 20.9 Å². The Kier molecular flexibility index (Phi) is 3.18. The summed E-state index contributed by atoms with van der Waals surface area (Å²) in [5, 5.41) is 1.98. The Morgan fingerprint density at radius 2 is 1.74 bits per heavy atom. The molecule has 4 rings (SSSR count). The molecular weight excluding hydrogens is 357 g/mol. The van der Waals surface area contributed by atoms with E-state index in [0.717, 1.165) is 26.3 Å². The number of aromatic nitrogens is 1. The van der Waals surface area contributed by atoms with Crippen LogP contribution in [0.4, 0.5) is 0 Å². The van der Waals surface area contributed by atoms with Gasteiger partial charge in [0.25, 0.3) is 0 Å². The monoisotopic (exact) mass is 373 g/mol. The van der Waals surface area contributed by atoms with Gasteiger partial charge in [-0.3, -0.25) is 0 Å². The third-order valence-corrected chi connectivity index (χ3v) is 5.54. The largest absolute Gasteiger partial charge is 0.498 e. The van der Waals surface area contributed by atoms with Crippen molar-refractivity contribution in [1.29, 1.82) is 0 Å². The van der Waals surface area contributed by atoms with Crippen molar-refractivity contribution in [2.75, 3.05) is 0 Å². The van der Waals surface area contributed by atoms with Gasteiger partial charge in [0.05, 0.1) is 11.2 Å². The lowest BCUT2D eigenvalue weighted by molar-refractivity contribution is 0.00578. The van der Waals surface area contributed by atoms with Gasteiger partial charge in [0.2, 0.25) is 5.71 Å². The molecule has 118 valence electrons. The van der Waals surface area contributed by atoms with Crippen molar-refractivity contribution in [2.45, 2.75) is 38.9 Å². The van der Waals surface area contributed by atoms with Crippen LogP contribution in [0.1, 0.15) is 27.7 Å². The molecule has 0 atom stereocenters. The van der Waals surface area contributed by atoms with Crippen LogP contribution in [0.15, 0.2) is 39.4 Å². The van der Waals surface area contributed by atoms with Gasteiger partial charge in [0.1, 0.15) is 5.58 Å². The average molecular weight is 374 g/mol. The van der Waals surface area contributed by atoms with Crippen molar-refractivity contribution in [2.24, 2.45) is 0 Å². The number of halogens is 1. The van der Waals surface area contributed by atoms with Gasteiger partial charge < -0.3 is 13.7 Å². The zero-order valence-electron chi connectivity index (χ0n) is 13.5. The third kappa shape index (κ3) is 2.16.